The van der Waals surface area contributed by atoms with Crippen molar-refractivity contribution in [1.29, 1.82) is 0 Å². The summed E-state index contributed by atoms with van der Waals surface area (Å²) in [5.74, 6) is -0.0702. The van der Waals surface area contributed by atoms with E-state index in [2.05, 4.69) is 16.4 Å². The Balaban J connectivity index is 1.10. The van der Waals surface area contributed by atoms with E-state index in [1.807, 2.05) is 78.9 Å². The average molecular weight is 666 g/mol. The highest BCUT2D eigenvalue weighted by Gasteiger charge is 2.22. The van der Waals surface area contributed by atoms with Crippen molar-refractivity contribution in [3.05, 3.63) is 143 Å². The van der Waals surface area contributed by atoms with Gasteiger partial charge in [0.1, 0.15) is 5.75 Å². The van der Waals surface area contributed by atoms with Gasteiger partial charge < -0.3 is 15.0 Å². The maximum Gasteiger partial charge on any atom is 0.251 e. The number of anilines is 1. The Kier molecular flexibility index (Phi) is 9.29. The second-order valence-electron chi connectivity index (χ2n) is 11.2. The van der Waals surface area contributed by atoms with Gasteiger partial charge in [-0.15, -0.1) is 0 Å². The van der Waals surface area contributed by atoms with E-state index in [0.717, 1.165) is 49.2 Å². The summed E-state index contributed by atoms with van der Waals surface area (Å²) in [5, 5.41) is 5.18. The molecule has 0 radical (unpaired) electrons. The van der Waals surface area contributed by atoms with Gasteiger partial charge in [-0.05, 0) is 53.6 Å². The number of hydrogen-bond acceptors (Lipinski definition) is 5. The second kappa shape index (κ2) is 13.7. The van der Waals surface area contributed by atoms with Crippen molar-refractivity contribution in [2.24, 2.45) is 0 Å². The van der Waals surface area contributed by atoms with E-state index in [1.54, 1.807) is 12.1 Å². The van der Waals surface area contributed by atoms with E-state index in [9.17, 15) is 18.0 Å². The molecule has 1 aromatic heterocycles. The van der Waals surface area contributed by atoms with Crippen molar-refractivity contribution in [2.75, 3.05) is 23.7 Å². The highest BCUT2D eigenvalue weighted by Crippen LogP contribution is 2.31. The molecule has 0 aliphatic rings. The predicted octanol–water partition coefficient (Wildman–Crippen LogP) is 7.17. The van der Waals surface area contributed by atoms with Gasteiger partial charge in [0.05, 0.1) is 42.2 Å². The van der Waals surface area contributed by atoms with E-state index in [-0.39, 0.29) is 29.4 Å². The van der Waals surface area contributed by atoms with Gasteiger partial charge in [0, 0.05) is 39.9 Å². The molecule has 238 valence electrons. The topological polar surface area (TPSA) is 109 Å². The number of fused-ring (bicyclic) bond motifs is 3. The van der Waals surface area contributed by atoms with Crippen molar-refractivity contribution < 1.29 is 22.7 Å². The predicted molar refractivity (Wildman–Crippen MR) is 187 cm³/mol. The molecule has 0 spiro atoms. The first-order valence-electron chi connectivity index (χ1n) is 15.0. The van der Waals surface area contributed by atoms with Gasteiger partial charge in [0.2, 0.25) is 10.0 Å². The molecule has 6 aromatic rings. The van der Waals surface area contributed by atoms with Crippen LogP contribution >= 0.6 is 11.6 Å². The number of rotatable bonds is 12. The number of carbonyl (C=O) groups excluding carboxylic acids is 2. The molecule has 5 aromatic carbocycles. The van der Waals surface area contributed by atoms with Crippen LogP contribution in [0.15, 0.2) is 115 Å². The number of ketones is 1. The first-order valence-corrected chi connectivity index (χ1v) is 17.2. The number of benzene rings is 5. The summed E-state index contributed by atoms with van der Waals surface area (Å²) < 4.78 is 32.7. The van der Waals surface area contributed by atoms with Gasteiger partial charge in [-0.25, -0.2) is 8.42 Å². The van der Waals surface area contributed by atoms with Crippen molar-refractivity contribution >= 4 is 60.8 Å². The zero-order chi connectivity index (χ0) is 33.0. The van der Waals surface area contributed by atoms with Crippen molar-refractivity contribution in [3.63, 3.8) is 0 Å². The molecule has 0 atom stereocenters. The van der Waals surface area contributed by atoms with E-state index < -0.39 is 21.7 Å². The average Bonchev–Trinajstić information content (AvgIpc) is 3.44. The van der Waals surface area contributed by atoms with Gasteiger partial charge in [-0.2, -0.15) is 0 Å². The third kappa shape index (κ3) is 7.32. The Morgan fingerprint density at radius 1 is 0.830 bits per heavy atom. The highest BCUT2D eigenvalue weighted by molar-refractivity contribution is 7.92. The summed E-state index contributed by atoms with van der Waals surface area (Å²) in [6, 6.07) is 34.8. The molecule has 6 rings (SSSR count). The number of aromatic amines is 1. The smallest absolute Gasteiger partial charge is 0.251 e. The first-order chi connectivity index (χ1) is 22.7. The standard InChI is InChI=1S/C37H32ClN3O5S/c1-47(44,45)41(24-25-9-3-2-4-10-25)35-21-27(15-18-32(35)38)36(42)23-39-37(43)29-12-6-5-11-26(29)19-20-46-28-16-17-31-30-13-7-8-14-33(30)40-34(31)22-28/h2-18,21-22,40H,19-20,23-24H2,1H3,(H,39,43). The van der Waals surface area contributed by atoms with Crippen LogP contribution in [0.4, 0.5) is 5.69 Å². The Morgan fingerprint density at radius 2 is 1.55 bits per heavy atom. The third-order valence-corrected chi connectivity index (χ3v) is 9.34. The Morgan fingerprint density at radius 3 is 2.36 bits per heavy atom. The maximum absolute atomic E-state index is 13.2. The summed E-state index contributed by atoms with van der Waals surface area (Å²) >= 11 is 6.42. The van der Waals surface area contributed by atoms with Crippen LogP contribution < -0.4 is 14.4 Å². The number of nitrogens with zero attached hydrogens (tertiary/aromatic N) is 1. The number of nitrogens with one attached hydrogen (secondary N) is 2. The summed E-state index contributed by atoms with van der Waals surface area (Å²) in [5.41, 5.74) is 4.44. The van der Waals surface area contributed by atoms with Crippen LogP contribution in [0.1, 0.15) is 31.8 Å². The third-order valence-electron chi connectivity index (χ3n) is 7.90. The minimum absolute atomic E-state index is 0.0475. The zero-order valence-electron chi connectivity index (χ0n) is 25.6. The molecule has 2 N–H and O–H groups in total. The monoisotopic (exact) mass is 665 g/mol. The van der Waals surface area contributed by atoms with E-state index in [4.69, 9.17) is 16.3 Å². The van der Waals surface area contributed by atoms with Gasteiger partial charge >= 0.3 is 0 Å². The molecule has 10 heteroatoms. The first kappa shape index (κ1) is 31.8. The summed E-state index contributed by atoms with van der Waals surface area (Å²) in [6.45, 7) is 0.112. The fourth-order valence-electron chi connectivity index (χ4n) is 5.53. The lowest BCUT2D eigenvalue weighted by molar-refractivity contribution is 0.0903. The van der Waals surface area contributed by atoms with Crippen molar-refractivity contribution in [1.82, 2.24) is 10.3 Å². The molecular weight excluding hydrogens is 634 g/mol. The lowest BCUT2D eigenvalue weighted by Gasteiger charge is -2.24. The molecule has 47 heavy (non-hydrogen) atoms. The SMILES string of the molecule is CS(=O)(=O)N(Cc1ccccc1)c1cc(C(=O)CNC(=O)c2ccccc2CCOc2ccc3c(c2)[nH]c2ccccc23)ccc1Cl. The molecule has 8 nitrogen and oxygen atoms in total. The van der Waals surface area contributed by atoms with Crippen LogP contribution in [0.5, 0.6) is 5.75 Å². The van der Waals surface area contributed by atoms with Crippen LogP contribution in [0, 0.1) is 0 Å². The maximum atomic E-state index is 13.2. The van der Waals surface area contributed by atoms with Crippen molar-refractivity contribution in [2.45, 2.75) is 13.0 Å². The van der Waals surface area contributed by atoms with Gasteiger partial charge in [0.15, 0.2) is 5.78 Å². The lowest BCUT2D eigenvalue weighted by atomic mass is 10.0. The van der Waals surface area contributed by atoms with Crippen LogP contribution in [-0.4, -0.2) is 44.5 Å². The fourth-order valence-corrected chi connectivity index (χ4v) is 6.69. The number of amides is 1. The Labute approximate surface area is 278 Å². The number of sulfonamides is 1. The minimum atomic E-state index is -3.73. The van der Waals surface area contributed by atoms with Crippen LogP contribution in [0.2, 0.25) is 5.02 Å². The number of Topliss-reactive ketones (excluding diaryl/α,β-unsaturated/α-hetero) is 1. The molecule has 1 heterocycles. The van der Waals surface area contributed by atoms with Crippen LogP contribution in [0.3, 0.4) is 0 Å². The molecule has 0 aliphatic carbocycles. The van der Waals surface area contributed by atoms with E-state index >= 15 is 0 Å². The molecule has 0 unspecified atom stereocenters. The largest absolute Gasteiger partial charge is 0.493 e. The molecule has 0 fully saturated rings. The number of para-hydroxylation sites is 1. The second-order valence-corrected chi connectivity index (χ2v) is 13.5. The van der Waals surface area contributed by atoms with Gasteiger partial charge in [-0.3, -0.25) is 13.9 Å². The van der Waals surface area contributed by atoms with Crippen LogP contribution in [0.25, 0.3) is 21.8 Å². The number of carbonyl (C=O) groups is 2. The molecule has 0 bridgehead atoms. The number of aromatic nitrogens is 1. The summed E-state index contributed by atoms with van der Waals surface area (Å²) in [6.07, 6.45) is 1.57. The minimum Gasteiger partial charge on any atom is -0.493 e. The fraction of sp³-hybridized carbons (Fsp3) is 0.135. The molecular formula is C37H32ClN3O5S. The van der Waals surface area contributed by atoms with E-state index in [0.29, 0.717) is 18.6 Å². The van der Waals surface area contributed by atoms with E-state index in [1.165, 1.54) is 18.2 Å². The molecule has 1 amide bonds. The van der Waals surface area contributed by atoms with Crippen molar-refractivity contribution in [3.8, 4) is 5.75 Å². The number of halogens is 1. The summed E-state index contributed by atoms with van der Waals surface area (Å²) in [4.78, 5) is 29.8. The molecule has 0 aliphatic heterocycles. The van der Waals surface area contributed by atoms with Gasteiger partial charge in [0.25, 0.3) is 5.91 Å². The van der Waals surface area contributed by atoms with Gasteiger partial charge in [-0.1, -0.05) is 78.3 Å². The molecule has 0 saturated carbocycles. The van der Waals surface area contributed by atoms with Crippen LogP contribution in [-0.2, 0) is 23.0 Å². The highest BCUT2D eigenvalue weighted by atomic mass is 35.5. The number of ether oxygens (including phenoxy) is 1. The number of H-pyrrole nitrogens is 1. The Hall–Kier alpha value is -5.12. The number of hydrogen-bond donors (Lipinski definition) is 2. The quantitative estimate of drug-likeness (QED) is 0.135. The molecule has 0 saturated heterocycles. The Bertz CT molecular complexity index is 2200. The lowest BCUT2D eigenvalue weighted by Crippen LogP contribution is -2.31. The summed E-state index contributed by atoms with van der Waals surface area (Å²) in [7, 11) is -3.73. The normalized spacial score (nSPS) is 11.4. The zero-order valence-corrected chi connectivity index (χ0v) is 27.1.